The first kappa shape index (κ1) is 10.6. The summed E-state index contributed by atoms with van der Waals surface area (Å²) in [6.07, 6.45) is 2.11. The molecule has 0 amide bonds. The lowest BCUT2D eigenvalue weighted by Crippen LogP contribution is -2.18. The highest BCUT2D eigenvalue weighted by Crippen LogP contribution is 2.23. The second-order valence-corrected chi connectivity index (χ2v) is 5.94. The van der Waals surface area contributed by atoms with Gasteiger partial charge in [0.15, 0.2) is 9.84 Å². The Bertz CT molecular complexity index is 439. The molecule has 15 heavy (non-hydrogen) atoms. The molecule has 0 bridgehead atoms. The predicted molar refractivity (Wildman–Crippen MR) is 55.1 cm³/mol. The van der Waals surface area contributed by atoms with Crippen LogP contribution < -0.4 is 5.32 Å². The zero-order chi connectivity index (χ0) is 10.9. The van der Waals surface area contributed by atoms with Crippen LogP contribution in [0.4, 0.5) is 0 Å². The van der Waals surface area contributed by atoms with Crippen molar-refractivity contribution in [2.24, 2.45) is 0 Å². The van der Waals surface area contributed by atoms with E-state index in [2.05, 4.69) is 15.4 Å². The van der Waals surface area contributed by atoms with Gasteiger partial charge in [0.2, 0.25) is 0 Å². The van der Waals surface area contributed by atoms with E-state index in [1.165, 1.54) is 6.33 Å². The number of nitrogens with one attached hydrogen (secondary N) is 1. The summed E-state index contributed by atoms with van der Waals surface area (Å²) in [7, 11) is -1.04. The predicted octanol–water partition coefficient (Wildman–Crippen LogP) is -0.643. The van der Waals surface area contributed by atoms with Gasteiger partial charge in [0.25, 0.3) is 0 Å². The minimum Gasteiger partial charge on any atom is -0.313 e. The van der Waals surface area contributed by atoms with Crippen LogP contribution in [0.25, 0.3) is 0 Å². The van der Waals surface area contributed by atoms with Crippen molar-refractivity contribution in [3.8, 4) is 0 Å². The second kappa shape index (κ2) is 3.90. The number of aromatic nitrogens is 3. The molecule has 1 N–H and O–H groups in total. The summed E-state index contributed by atoms with van der Waals surface area (Å²) in [5.41, 5.74) is 0. The lowest BCUT2D eigenvalue weighted by molar-refractivity contribution is 0.470. The van der Waals surface area contributed by atoms with Gasteiger partial charge in [-0.2, -0.15) is 5.10 Å². The van der Waals surface area contributed by atoms with Crippen molar-refractivity contribution in [3.63, 3.8) is 0 Å². The first-order chi connectivity index (χ1) is 7.12. The Morgan fingerprint density at radius 1 is 1.67 bits per heavy atom. The van der Waals surface area contributed by atoms with Crippen molar-refractivity contribution in [1.82, 2.24) is 20.1 Å². The average molecular weight is 230 g/mol. The van der Waals surface area contributed by atoms with Gasteiger partial charge in [0.1, 0.15) is 12.2 Å². The van der Waals surface area contributed by atoms with Crippen molar-refractivity contribution in [2.75, 3.05) is 18.6 Å². The summed E-state index contributed by atoms with van der Waals surface area (Å²) < 4.78 is 24.4. The fourth-order valence-electron chi connectivity index (χ4n) is 1.83. The van der Waals surface area contributed by atoms with E-state index < -0.39 is 9.84 Å². The van der Waals surface area contributed by atoms with Crippen LogP contribution in [-0.4, -0.2) is 41.7 Å². The van der Waals surface area contributed by atoms with Gasteiger partial charge >= 0.3 is 0 Å². The first-order valence-corrected chi connectivity index (χ1v) is 6.68. The van der Waals surface area contributed by atoms with E-state index in [1.54, 1.807) is 4.68 Å². The largest absolute Gasteiger partial charge is 0.313 e. The SMILES string of the molecule is CNCc1ncnn1C1CCS(=O)(=O)C1. The van der Waals surface area contributed by atoms with Gasteiger partial charge in [0.05, 0.1) is 24.1 Å². The molecule has 1 aliphatic rings. The Balaban J connectivity index is 2.20. The molecule has 1 saturated heterocycles. The molecule has 1 aliphatic heterocycles. The lowest BCUT2D eigenvalue weighted by Gasteiger charge is -2.10. The van der Waals surface area contributed by atoms with E-state index >= 15 is 0 Å². The van der Waals surface area contributed by atoms with Crippen LogP contribution in [-0.2, 0) is 16.4 Å². The summed E-state index contributed by atoms with van der Waals surface area (Å²) in [6.45, 7) is 0.608. The highest BCUT2D eigenvalue weighted by molar-refractivity contribution is 7.91. The third-order valence-corrected chi connectivity index (χ3v) is 4.29. The van der Waals surface area contributed by atoms with Gasteiger partial charge in [0, 0.05) is 0 Å². The van der Waals surface area contributed by atoms with Crippen LogP contribution in [0.15, 0.2) is 6.33 Å². The van der Waals surface area contributed by atoms with Gasteiger partial charge in [-0.05, 0) is 13.5 Å². The molecule has 1 aromatic heterocycles. The maximum absolute atomic E-state index is 11.3. The second-order valence-electron chi connectivity index (χ2n) is 3.71. The Morgan fingerprint density at radius 2 is 2.47 bits per heavy atom. The molecule has 1 atom stereocenters. The van der Waals surface area contributed by atoms with Gasteiger partial charge in [-0.1, -0.05) is 0 Å². The molecule has 1 aromatic rings. The average Bonchev–Trinajstić information content (AvgIpc) is 2.72. The fraction of sp³-hybridized carbons (Fsp3) is 0.750. The Labute approximate surface area is 88.6 Å². The maximum atomic E-state index is 11.3. The quantitative estimate of drug-likeness (QED) is 0.747. The van der Waals surface area contributed by atoms with Crippen molar-refractivity contribution >= 4 is 9.84 Å². The summed E-state index contributed by atoms with van der Waals surface area (Å²) in [5.74, 6) is 1.24. The van der Waals surface area contributed by atoms with Crippen LogP contribution in [0.3, 0.4) is 0 Å². The topological polar surface area (TPSA) is 76.9 Å². The molecule has 0 aromatic carbocycles. The molecule has 2 heterocycles. The number of rotatable bonds is 3. The van der Waals surface area contributed by atoms with E-state index in [0.29, 0.717) is 13.0 Å². The molecule has 0 spiro atoms. The number of nitrogens with zero attached hydrogens (tertiary/aromatic N) is 3. The van der Waals surface area contributed by atoms with Gasteiger partial charge < -0.3 is 5.32 Å². The highest BCUT2D eigenvalue weighted by Gasteiger charge is 2.30. The van der Waals surface area contributed by atoms with E-state index in [9.17, 15) is 8.42 Å². The zero-order valence-electron chi connectivity index (χ0n) is 8.55. The molecule has 84 valence electrons. The van der Waals surface area contributed by atoms with Gasteiger partial charge in [-0.15, -0.1) is 0 Å². The normalized spacial score (nSPS) is 24.5. The molecular formula is C8H14N4O2S. The van der Waals surface area contributed by atoms with Crippen LogP contribution in [0, 0.1) is 0 Å². The molecule has 2 rings (SSSR count). The standard InChI is InChI=1S/C8H14N4O2S/c1-9-4-8-10-6-11-12(8)7-2-3-15(13,14)5-7/h6-7,9H,2-5H2,1H3. The number of sulfone groups is 1. The fourth-order valence-corrected chi connectivity index (χ4v) is 3.52. The molecule has 1 unspecified atom stereocenters. The number of hydrogen-bond acceptors (Lipinski definition) is 5. The van der Waals surface area contributed by atoms with E-state index in [0.717, 1.165) is 5.82 Å². The van der Waals surface area contributed by atoms with Crippen LogP contribution in [0.1, 0.15) is 18.3 Å². The highest BCUT2D eigenvalue weighted by atomic mass is 32.2. The van der Waals surface area contributed by atoms with Crippen LogP contribution >= 0.6 is 0 Å². The smallest absolute Gasteiger partial charge is 0.152 e. The summed E-state index contributed by atoms with van der Waals surface area (Å²) in [6, 6.07) is -0.0409. The Kier molecular flexibility index (Phi) is 2.74. The van der Waals surface area contributed by atoms with Crippen molar-refractivity contribution in [1.29, 1.82) is 0 Å². The molecule has 6 nitrogen and oxygen atoms in total. The minimum atomic E-state index is -2.86. The Morgan fingerprint density at radius 3 is 3.07 bits per heavy atom. The molecule has 1 fully saturated rings. The van der Waals surface area contributed by atoms with Crippen molar-refractivity contribution in [3.05, 3.63) is 12.2 Å². The molecule has 7 heteroatoms. The zero-order valence-corrected chi connectivity index (χ0v) is 9.37. The monoisotopic (exact) mass is 230 g/mol. The third-order valence-electron chi connectivity index (χ3n) is 2.54. The number of hydrogen-bond donors (Lipinski definition) is 1. The molecule has 0 aliphatic carbocycles. The van der Waals surface area contributed by atoms with Crippen molar-refractivity contribution < 1.29 is 8.42 Å². The van der Waals surface area contributed by atoms with Crippen molar-refractivity contribution in [2.45, 2.75) is 19.0 Å². The maximum Gasteiger partial charge on any atom is 0.152 e. The van der Waals surface area contributed by atoms with Gasteiger partial charge in [-0.3, -0.25) is 0 Å². The third kappa shape index (κ3) is 2.18. The van der Waals surface area contributed by atoms with Crippen LogP contribution in [0.5, 0.6) is 0 Å². The van der Waals surface area contributed by atoms with E-state index in [-0.39, 0.29) is 17.5 Å². The van der Waals surface area contributed by atoms with E-state index in [4.69, 9.17) is 0 Å². The van der Waals surface area contributed by atoms with E-state index in [1.807, 2.05) is 7.05 Å². The lowest BCUT2D eigenvalue weighted by atomic mass is 10.3. The molecular weight excluding hydrogens is 216 g/mol. The minimum absolute atomic E-state index is 0.0409. The first-order valence-electron chi connectivity index (χ1n) is 4.86. The summed E-state index contributed by atoms with van der Waals surface area (Å²) in [4.78, 5) is 4.09. The van der Waals surface area contributed by atoms with Crippen LogP contribution in [0.2, 0.25) is 0 Å². The summed E-state index contributed by atoms with van der Waals surface area (Å²) >= 11 is 0. The van der Waals surface area contributed by atoms with Gasteiger partial charge in [-0.25, -0.2) is 18.1 Å². The molecule has 0 radical (unpaired) electrons. The Hall–Kier alpha value is -0.950. The summed E-state index contributed by atoms with van der Waals surface area (Å²) in [5, 5.41) is 7.07. The molecule has 0 saturated carbocycles.